The highest BCUT2D eigenvalue weighted by Crippen LogP contribution is 2.29. The fraction of sp³-hybridized carbons (Fsp3) is 0.625. The molecule has 108 valence electrons. The Balaban J connectivity index is 1.96. The minimum absolute atomic E-state index is 0.542. The number of rotatable bonds is 3. The molecule has 20 heavy (non-hydrogen) atoms. The van der Waals surface area contributed by atoms with Crippen LogP contribution in [0, 0.1) is 0 Å². The van der Waals surface area contributed by atoms with Gasteiger partial charge in [-0.2, -0.15) is 0 Å². The topological polar surface area (TPSA) is 34.0 Å². The molecule has 0 spiro atoms. The van der Waals surface area contributed by atoms with Crippen LogP contribution in [0.5, 0.6) is 0 Å². The third-order valence-electron chi connectivity index (χ3n) is 4.40. The maximum Gasteiger partial charge on any atom is 0.159 e. The lowest BCUT2D eigenvalue weighted by atomic mass is 9.96. The van der Waals surface area contributed by atoms with Crippen molar-refractivity contribution < 1.29 is 0 Å². The first kappa shape index (κ1) is 13.6. The first-order chi connectivity index (χ1) is 9.70. The lowest BCUT2D eigenvalue weighted by molar-refractivity contribution is 0.163. The molecule has 1 aliphatic heterocycles. The molecule has 3 heterocycles. The molecule has 4 nitrogen and oxygen atoms in total. The molecule has 3 rings (SSSR count). The summed E-state index contributed by atoms with van der Waals surface area (Å²) in [6.45, 7) is 10.0. The van der Waals surface area contributed by atoms with Gasteiger partial charge in [0.1, 0.15) is 11.3 Å². The van der Waals surface area contributed by atoms with Gasteiger partial charge < -0.3 is 9.47 Å². The number of pyridine rings is 1. The minimum atomic E-state index is 0.542. The van der Waals surface area contributed by atoms with E-state index >= 15 is 0 Å². The smallest absolute Gasteiger partial charge is 0.159 e. The van der Waals surface area contributed by atoms with Crippen LogP contribution >= 0.6 is 0 Å². The second-order valence-electron chi connectivity index (χ2n) is 5.99. The number of aromatic nitrogens is 3. The van der Waals surface area contributed by atoms with Gasteiger partial charge in [-0.25, -0.2) is 9.97 Å². The van der Waals surface area contributed by atoms with E-state index < -0.39 is 0 Å². The van der Waals surface area contributed by atoms with E-state index in [0.717, 1.165) is 24.3 Å². The second kappa shape index (κ2) is 5.52. The number of hydrogen-bond acceptors (Lipinski definition) is 3. The SMILES string of the molecule is CCn1c(C2CCCN(C(C)C)C2)nc2cccnc21. The summed E-state index contributed by atoms with van der Waals surface area (Å²) < 4.78 is 2.30. The molecule has 0 N–H and O–H groups in total. The van der Waals surface area contributed by atoms with Gasteiger partial charge in [-0.3, -0.25) is 0 Å². The number of fused-ring (bicyclic) bond motifs is 1. The highest BCUT2D eigenvalue weighted by molar-refractivity contribution is 5.71. The number of nitrogens with zero attached hydrogens (tertiary/aromatic N) is 4. The van der Waals surface area contributed by atoms with E-state index in [-0.39, 0.29) is 0 Å². The average molecular weight is 272 g/mol. The summed E-state index contributed by atoms with van der Waals surface area (Å²) >= 11 is 0. The van der Waals surface area contributed by atoms with Crippen LogP contribution in [-0.4, -0.2) is 38.6 Å². The molecule has 1 aliphatic rings. The molecule has 0 bridgehead atoms. The Bertz CT molecular complexity index is 587. The van der Waals surface area contributed by atoms with E-state index in [2.05, 4.69) is 41.3 Å². The molecular formula is C16H24N4. The molecule has 1 saturated heterocycles. The van der Waals surface area contributed by atoms with Crippen molar-refractivity contribution in [1.82, 2.24) is 19.4 Å². The van der Waals surface area contributed by atoms with E-state index in [4.69, 9.17) is 4.98 Å². The molecule has 2 aromatic rings. The highest BCUT2D eigenvalue weighted by Gasteiger charge is 2.27. The third kappa shape index (κ3) is 2.33. The summed E-state index contributed by atoms with van der Waals surface area (Å²) in [6, 6.07) is 4.66. The zero-order valence-corrected chi connectivity index (χ0v) is 12.7. The number of imidazole rings is 1. The van der Waals surface area contributed by atoms with Crippen LogP contribution in [0.3, 0.4) is 0 Å². The van der Waals surface area contributed by atoms with E-state index in [0.29, 0.717) is 12.0 Å². The van der Waals surface area contributed by atoms with Crippen LogP contribution in [0.1, 0.15) is 45.4 Å². The molecule has 1 unspecified atom stereocenters. The van der Waals surface area contributed by atoms with Crippen LogP contribution in [0.15, 0.2) is 18.3 Å². The molecule has 2 aromatic heterocycles. The Morgan fingerprint density at radius 3 is 3.00 bits per heavy atom. The van der Waals surface area contributed by atoms with Crippen LogP contribution in [0.25, 0.3) is 11.2 Å². The summed E-state index contributed by atoms with van der Waals surface area (Å²) in [4.78, 5) is 12.0. The van der Waals surface area contributed by atoms with Crippen molar-refractivity contribution in [2.75, 3.05) is 13.1 Å². The summed E-state index contributed by atoms with van der Waals surface area (Å²) in [5.41, 5.74) is 2.07. The Morgan fingerprint density at radius 2 is 2.25 bits per heavy atom. The van der Waals surface area contributed by atoms with E-state index in [1.165, 1.54) is 25.2 Å². The van der Waals surface area contributed by atoms with Crippen LogP contribution in [-0.2, 0) is 6.54 Å². The number of hydrogen-bond donors (Lipinski definition) is 0. The molecule has 0 radical (unpaired) electrons. The maximum absolute atomic E-state index is 4.87. The first-order valence-corrected chi connectivity index (χ1v) is 7.76. The van der Waals surface area contributed by atoms with E-state index in [9.17, 15) is 0 Å². The molecule has 0 aromatic carbocycles. The van der Waals surface area contributed by atoms with Crippen LogP contribution in [0.4, 0.5) is 0 Å². The van der Waals surface area contributed by atoms with Crippen molar-refractivity contribution in [3.63, 3.8) is 0 Å². The van der Waals surface area contributed by atoms with Gasteiger partial charge in [0.2, 0.25) is 0 Å². The average Bonchev–Trinajstić information content (AvgIpc) is 2.86. The molecule has 0 amide bonds. The number of likely N-dealkylation sites (tertiary alicyclic amines) is 1. The highest BCUT2D eigenvalue weighted by atomic mass is 15.2. The molecule has 4 heteroatoms. The first-order valence-electron chi connectivity index (χ1n) is 7.76. The van der Waals surface area contributed by atoms with Crippen molar-refractivity contribution >= 4 is 11.2 Å². The third-order valence-corrected chi connectivity index (χ3v) is 4.40. The standard InChI is InChI=1S/C16H24N4/c1-4-20-15(18-14-8-5-9-17-16(14)20)13-7-6-10-19(11-13)12(2)3/h5,8-9,12-13H,4,6-7,10-11H2,1-3H3. The largest absolute Gasteiger partial charge is 0.313 e. The monoisotopic (exact) mass is 272 g/mol. The second-order valence-corrected chi connectivity index (χ2v) is 5.99. The predicted molar refractivity (Wildman–Crippen MR) is 81.9 cm³/mol. The minimum Gasteiger partial charge on any atom is -0.313 e. The molecule has 0 saturated carbocycles. The van der Waals surface area contributed by atoms with Crippen molar-refractivity contribution in [3.8, 4) is 0 Å². The summed E-state index contributed by atoms with van der Waals surface area (Å²) in [5.74, 6) is 1.77. The Hall–Kier alpha value is -1.42. The van der Waals surface area contributed by atoms with Gasteiger partial charge in [-0.1, -0.05) is 0 Å². The van der Waals surface area contributed by atoms with E-state index in [1.807, 2.05) is 12.3 Å². The maximum atomic E-state index is 4.87. The lowest BCUT2D eigenvalue weighted by Gasteiger charge is -2.35. The normalized spacial score (nSPS) is 20.9. The summed E-state index contributed by atoms with van der Waals surface area (Å²) in [5, 5.41) is 0. The Labute approximate surface area is 120 Å². The Morgan fingerprint density at radius 1 is 1.40 bits per heavy atom. The quantitative estimate of drug-likeness (QED) is 0.861. The lowest BCUT2D eigenvalue weighted by Crippen LogP contribution is -2.39. The van der Waals surface area contributed by atoms with Gasteiger partial charge in [-0.05, 0) is 52.3 Å². The van der Waals surface area contributed by atoms with Crippen LogP contribution < -0.4 is 0 Å². The molecular weight excluding hydrogens is 248 g/mol. The van der Waals surface area contributed by atoms with Gasteiger partial charge in [0.05, 0.1) is 0 Å². The van der Waals surface area contributed by atoms with Crippen LogP contribution in [0.2, 0.25) is 0 Å². The van der Waals surface area contributed by atoms with Crippen molar-refractivity contribution in [2.24, 2.45) is 0 Å². The van der Waals surface area contributed by atoms with Gasteiger partial charge >= 0.3 is 0 Å². The van der Waals surface area contributed by atoms with E-state index in [1.54, 1.807) is 0 Å². The molecule has 1 atom stereocenters. The Kier molecular flexibility index (Phi) is 3.74. The fourth-order valence-electron chi connectivity index (χ4n) is 3.29. The number of aryl methyl sites for hydroxylation is 1. The fourth-order valence-corrected chi connectivity index (χ4v) is 3.29. The van der Waals surface area contributed by atoms with Crippen molar-refractivity contribution in [3.05, 3.63) is 24.2 Å². The van der Waals surface area contributed by atoms with Gasteiger partial charge in [-0.15, -0.1) is 0 Å². The molecule has 1 fully saturated rings. The predicted octanol–water partition coefficient (Wildman–Crippen LogP) is 3.04. The van der Waals surface area contributed by atoms with Crippen molar-refractivity contribution in [1.29, 1.82) is 0 Å². The summed E-state index contributed by atoms with van der Waals surface area (Å²) in [7, 11) is 0. The van der Waals surface area contributed by atoms with Gasteiger partial charge in [0.25, 0.3) is 0 Å². The van der Waals surface area contributed by atoms with Gasteiger partial charge in [0, 0.05) is 31.2 Å². The van der Waals surface area contributed by atoms with Crippen molar-refractivity contribution in [2.45, 2.75) is 52.1 Å². The number of piperidine rings is 1. The van der Waals surface area contributed by atoms with Gasteiger partial charge in [0.15, 0.2) is 5.65 Å². The molecule has 0 aliphatic carbocycles. The zero-order valence-electron chi connectivity index (χ0n) is 12.7. The summed E-state index contributed by atoms with van der Waals surface area (Å²) in [6.07, 6.45) is 4.37. The zero-order chi connectivity index (χ0) is 14.1.